The van der Waals surface area contributed by atoms with E-state index in [1.54, 1.807) is 0 Å². The van der Waals surface area contributed by atoms with Gasteiger partial charge in [-0.25, -0.2) is 0 Å². The molecule has 1 unspecified atom stereocenters. The number of hydrogen-bond donors (Lipinski definition) is 1. The van der Waals surface area contributed by atoms with E-state index in [1.807, 2.05) is 19.2 Å². The summed E-state index contributed by atoms with van der Waals surface area (Å²) >= 11 is 9.53. The Bertz CT molecular complexity index is 318. The van der Waals surface area contributed by atoms with Crippen molar-refractivity contribution in [3.63, 3.8) is 0 Å². The minimum absolute atomic E-state index is 0.386. The Labute approximate surface area is 112 Å². The average Bonchev–Trinajstić information content (AvgIpc) is 2.16. The van der Waals surface area contributed by atoms with Crippen LogP contribution in [0.5, 0.6) is 0 Å². The molecule has 0 heterocycles. The molecule has 0 aliphatic carbocycles. The third-order valence-corrected chi connectivity index (χ3v) is 3.34. The van der Waals surface area contributed by atoms with E-state index in [-0.39, 0.29) is 0 Å². The van der Waals surface area contributed by atoms with E-state index in [0.29, 0.717) is 6.04 Å². The lowest BCUT2D eigenvalue weighted by molar-refractivity contribution is 0.465. The highest BCUT2D eigenvalue weighted by atomic mass is 79.9. The van der Waals surface area contributed by atoms with Gasteiger partial charge in [0, 0.05) is 15.5 Å². The van der Waals surface area contributed by atoms with Gasteiger partial charge < -0.3 is 5.32 Å². The number of hydrogen-bond acceptors (Lipinski definition) is 1. The van der Waals surface area contributed by atoms with Crippen molar-refractivity contribution >= 4 is 27.5 Å². The monoisotopic (exact) mass is 303 g/mol. The van der Waals surface area contributed by atoms with Crippen LogP contribution in [0.25, 0.3) is 0 Å². The van der Waals surface area contributed by atoms with Gasteiger partial charge in [-0.3, -0.25) is 0 Å². The molecule has 1 aromatic carbocycles. The fourth-order valence-corrected chi connectivity index (χ4v) is 2.64. The molecule has 0 aliphatic heterocycles. The van der Waals surface area contributed by atoms with Crippen molar-refractivity contribution in [1.29, 1.82) is 0 Å². The molecule has 16 heavy (non-hydrogen) atoms. The second kappa shape index (κ2) is 6.63. The van der Waals surface area contributed by atoms with Crippen molar-refractivity contribution in [3.8, 4) is 0 Å². The van der Waals surface area contributed by atoms with Crippen LogP contribution >= 0.6 is 27.5 Å². The van der Waals surface area contributed by atoms with Crippen LogP contribution in [0.2, 0.25) is 5.02 Å². The summed E-state index contributed by atoms with van der Waals surface area (Å²) in [6, 6.07) is 6.47. The first-order valence-corrected chi connectivity index (χ1v) is 6.83. The van der Waals surface area contributed by atoms with E-state index in [9.17, 15) is 0 Å². The standard InChI is InChI=1S/C13H19BrClN/c1-9(2)4-5-13(16-3)10-6-11(14)8-12(15)7-10/h6-9,13,16H,4-5H2,1-3H3. The summed E-state index contributed by atoms with van der Waals surface area (Å²) in [5.41, 5.74) is 1.25. The van der Waals surface area contributed by atoms with E-state index >= 15 is 0 Å². The van der Waals surface area contributed by atoms with Crippen molar-refractivity contribution in [1.82, 2.24) is 5.32 Å². The van der Waals surface area contributed by atoms with Gasteiger partial charge in [-0.2, -0.15) is 0 Å². The Hall–Kier alpha value is -0.0500. The lowest BCUT2D eigenvalue weighted by atomic mass is 9.98. The van der Waals surface area contributed by atoms with Gasteiger partial charge in [0.2, 0.25) is 0 Å². The maximum atomic E-state index is 6.06. The minimum atomic E-state index is 0.386. The van der Waals surface area contributed by atoms with Gasteiger partial charge in [-0.1, -0.05) is 41.4 Å². The van der Waals surface area contributed by atoms with Gasteiger partial charge in [-0.05, 0) is 49.6 Å². The number of benzene rings is 1. The van der Waals surface area contributed by atoms with Crippen LogP contribution in [0.4, 0.5) is 0 Å². The predicted octanol–water partition coefficient (Wildman–Crippen LogP) is 4.80. The minimum Gasteiger partial charge on any atom is -0.313 e. The summed E-state index contributed by atoms with van der Waals surface area (Å²) in [6.45, 7) is 4.50. The molecule has 0 amide bonds. The Morgan fingerprint density at radius 2 is 1.94 bits per heavy atom. The summed E-state index contributed by atoms with van der Waals surface area (Å²) in [5, 5.41) is 4.13. The van der Waals surface area contributed by atoms with E-state index in [4.69, 9.17) is 11.6 Å². The third kappa shape index (κ3) is 4.44. The van der Waals surface area contributed by atoms with Crippen LogP contribution in [0.3, 0.4) is 0 Å². The van der Waals surface area contributed by atoms with Gasteiger partial charge in [0.15, 0.2) is 0 Å². The molecule has 0 saturated carbocycles. The predicted molar refractivity (Wildman–Crippen MR) is 75.0 cm³/mol. The first-order chi connectivity index (χ1) is 7.52. The molecule has 90 valence electrons. The second-order valence-electron chi connectivity index (χ2n) is 4.52. The summed E-state index contributed by atoms with van der Waals surface area (Å²) in [5.74, 6) is 0.735. The highest BCUT2D eigenvalue weighted by Gasteiger charge is 2.11. The zero-order chi connectivity index (χ0) is 12.1. The SMILES string of the molecule is CNC(CCC(C)C)c1cc(Cl)cc(Br)c1. The zero-order valence-electron chi connectivity index (χ0n) is 10.1. The van der Waals surface area contributed by atoms with E-state index in [1.165, 1.54) is 12.0 Å². The largest absolute Gasteiger partial charge is 0.313 e. The molecule has 0 radical (unpaired) electrons. The average molecular weight is 305 g/mol. The Kier molecular flexibility index (Phi) is 5.81. The summed E-state index contributed by atoms with van der Waals surface area (Å²) < 4.78 is 1.04. The second-order valence-corrected chi connectivity index (χ2v) is 5.87. The summed E-state index contributed by atoms with van der Waals surface area (Å²) in [4.78, 5) is 0. The van der Waals surface area contributed by atoms with Gasteiger partial charge >= 0.3 is 0 Å². The Morgan fingerprint density at radius 3 is 2.44 bits per heavy atom. The van der Waals surface area contributed by atoms with Crippen LogP contribution in [-0.2, 0) is 0 Å². The molecule has 1 nitrogen and oxygen atoms in total. The van der Waals surface area contributed by atoms with Crippen LogP contribution in [0.15, 0.2) is 22.7 Å². The van der Waals surface area contributed by atoms with E-state index in [2.05, 4.69) is 41.2 Å². The van der Waals surface area contributed by atoms with E-state index < -0.39 is 0 Å². The normalized spacial score (nSPS) is 13.1. The third-order valence-electron chi connectivity index (χ3n) is 2.67. The number of halogens is 2. The summed E-state index contributed by atoms with van der Waals surface area (Å²) in [6.07, 6.45) is 2.36. The lowest BCUT2D eigenvalue weighted by Crippen LogP contribution is -2.17. The molecule has 0 aliphatic rings. The fourth-order valence-electron chi connectivity index (χ4n) is 1.75. The number of nitrogens with one attached hydrogen (secondary N) is 1. The smallest absolute Gasteiger partial charge is 0.0420 e. The molecule has 0 saturated heterocycles. The van der Waals surface area contributed by atoms with Gasteiger partial charge in [0.25, 0.3) is 0 Å². The Morgan fingerprint density at radius 1 is 1.25 bits per heavy atom. The lowest BCUT2D eigenvalue weighted by Gasteiger charge is -2.18. The molecule has 0 aromatic heterocycles. The molecule has 0 bridgehead atoms. The fraction of sp³-hybridized carbons (Fsp3) is 0.538. The molecule has 0 fully saturated rings. The molecule has 3 heteroatoms. The maximum Gasteiger partial charge on any atom is 0.0420 e. The zero-order valence-corrected chi connectivity index (χ0v) is 12.4. The molecular formula is C13H19BrClN. The molecule has 1 atom stereocenters. The van der Waals surface area contributed by atoms with Crippen molar-refractivity contribution in [2.45, 2.75) is 32.7 Å². The van der Waals surface area contributed by atoms with Gasteiger partial charge in [0.05, 0.1) is 0 Å². The van der Waals surface area contributed by atoms with Gasteiger partial charge in [-0.15, -0.1) is 0 Å². The maximum absolute atomic E-state index is 6.06. The summed E-state index contributed by atoms with van der Waals surface area (Å²) in [7, 11) is 2.00. The molecule has 1 rings (SSSR count). The Balaban J connectivity index is 2.78. The molecule has 1 aromatic rings. The van der Waals surface area contributed by atoms with Crippen molar-refractivity contribution in [3.05, 3.63) is 33.3 Å². The van der Waals surface area contributed by atoms with E-state index in [0.717, 1.165) is 21.8 Å². The molecular weight excluding hydrogens is 286 g/mol. The first kappa shape index (κ1) is 14.0. The van der Waals surface area contributed by atoms with Crippen LogP contribution in [0.1, 0.15) is 38.3 Å². The van der Waals surface area contributed by atoms with Crippen molar-refractivity contribution < 1.29 is 0 Å². The van der Waals surface area contributed by atoms with Crippen LogP contribution in [-0.4, -0.2) is 7.05 Å². The number of rotatable bonds is 5. The van der Waals surface area contributed by atoms with Gasteiger partial charge in [0.1, 0.15) is 0 Å². The quantitative estimate of drug-likeness (QED) is 0.824. The highest BCUT2D eigenvalue weighted by Crippen LogP contribution is 2.27. The van der Waals surface area contributed by atoms with Crippen LogP contribution < -0.4 is 5.32 Å². The topological polar surface area (TPSA) is 12.0 Å². The molecule has 1 N–H and O–H groups in total. The van der Waals surface area contributed by atoms with Crippen LogP contribution in [0, 0.1) is 5.92 Å². The van der Waals surface area contributed by atoms with Crippen molar-refractivity contribution in [2.24, 2.45) is 5.92 Å². The highest BCUT2D eigenvalue weighted by molar-refractivity contribution is 9.10. The van der Waals surface area contributed by atoms with Crippen molar-refractivity contribution in [2.75, 3.05) is 7.05 Å². The molecule has 0 spiro atoms. The first-order valence-electron chi connectivity index (χ1n) is 5.66.